The fourth-order valence-corrected chi connectivity index (χ4v) is 3.23. The molecule has 7 heteroatoms. The summed E-state index contributed by atoms with van der Waals surface area (Å²) in [4.78, 5) is 35.6. The van der Waals surface area contributed by atoms with E-state index in [0.29, 0.717) is 17.7 Å². The van der Waals surface area contributed by atoms with Crippen LogP contribution in [0.4, 0.5) is 0 Å². The molecule has 0 bridgehead atoms. The second kappa shape index (κ2) is 16.8. The summed E-state index contributed by atoms with van der Waals surface area (Å²) in [6.07, 6.45) is 13.0. The molecule has 0 heterocycles. The van der Waals surface area contributed by atoms with Crippen LogP contribution in [0, 0.1) is 0 Å². The Morgan fingerprint density at radius 2 is 1.51 bits per heavy atom. The number of unbranched alkanes of at least 4 members (excludes halogenated alkanes) is 6. The number of nitrogens with zero attached hydrogens (tertiary/aromatic N) is 1. The van der Waals surface area contributed by atoms with Crippen molar-refractivity contribution in [1.82, 2.24) is 10.7 Å². The number of benzene rings is 2. The zero-order valence-electron chi connectivity index (χ0n) is 20.4. The molecular formula is C28H35N3O4. The highest BCUT2D eigenvalue weighted by atomic mass is 16.5. The lowest BCUT2D eigenvalue weighted by atomic mass is 10.1. The Bertz CT molecular complexity index is 969. The molecule has 0 saturated carbocycles. The van der Waals surface area contributed by atoms with E-state index in [-0.39, 0.29) is 12.5 Å². The third-order valence-corrected chi connectivity index (χ3v) is 5.17. The second-order valence-electron chi connectivity index (χ2n) is 8.18. The van der Waals surface area contributed by atoms with Gasteiger partial charge in [0.25, 0.3) is 5.91 Å². The molecule has 0 aliphatic rings. The Morgan fingerprint density at radius 1 is 0.829 bits per heavy atom. The maximum atomic E-state index is 11.9. The van der Waals surface area contributed by atoms with E-state index in [4.69, 9.17) is 4.74 Å². The molecule has 0 unspecified atom stereocenters. The van der Waals surface area contributed by atoms with Gasteiger partial charge in [0.05, 0.1) is 12.8 Å². The van der Waals surface area contributed by atoms with Crippen LogP contribution in [-0.2, 0) is 14.4 Å². The van der Waals surface area contributed by atoms with Crippen LogP contribution >= 0.6 is 0 Å². The highest BCUT2D eigenvalue weighted by Crippen LogP contribution is 2.12. The topological polar surface area (TPSA) is 96.9 Å². The van der Waals surface area contributed by atoms with E-state index >= 15 is 0 Å². The number of nitrogens with one attached hydrogen (secondary N) is 2. The zero-order valence-corrected chi connectivity index (χ0v) is 20.4. The molecule has 35 heavy (non-hydrogen) atoms. The van der Waals surface area contributed by atoms with Crippen LogP contribution in [0.15, 0.2) is 65.8 Å². The molecule has 2 aromatic carbocycles. The monoisotopic (exact) mass is 477 g/mol. The van der Waals surface area contributed by atoms with Crippen LogP contribution in [0.25, 0.3) is 6.08 Å². The van der Waals surface area contributed by atoms with Gasteiger partial charge in [-0.25, -0.2) is 10.2 Å². The van der Waals surface area contributed by atoms with E-state index in [2.05, 4.69) is 22.8 Å². The smallest absolute Gasteiger partial charge is 0.336 e. The lowest BCUT2D eigenvalue weighted by Gasteiger charge is -2.04. The number of ether oxygens (including phenoxy) is 1. The fraction of sp³-hybridized carbons (Fsp3) is 0.357. The molecule has 2 amide bonds. The number of esters is 1. The molecule has 0 saturated heterocycles. The Labute approximate surface area is 207 Å². The molecule has 7 nitrogen and oxygen atoms in total. The number of hydrogen-bond donors (Lipinski definition) is 2. The van der Waals surface area contributed by atoms with Crippen molar-refractivity contribution in [2.75, 3.05) is 6.54 Å². The minimum atomic E-state index is -0.475. The molecule has 2 aromatic rings. The summed E-state index contributed by atoms with van der Waals surface area (Å²) in [5, 5.41) is 6.50. The number of hydrazone groups is 1. The second-order valence-corrected chi connectivity index (χ2v) is 8.18. The van der Waals surface area contributed by atoms with Gasteiger partial charge >= 0.3 is 5.97 Å². The first-order valence-electron chi connectivity index (χ1n) is 12.2. The number of rotatable bonds is 15. The number of hydrogen-bond acceptors (Lipinski definition) is 5. The maximum Gasteiger partial charge on any atom is 0.336 e. The summed E-state index contributed by atoms with van der Waals surface area (Å²) in [5.41, 5.74) is 4.01. The standard InChI is InChI=1S/C28H35N3O4/c1-2-3-4-5-6-7-11-14-26(32)29-22-27(33)31-30-21-24-15-18-25(19-16-24)35-28(34)20-17-23-12-9-8-10-13-23/h8-10,12-13,15-21H,2-7,11,14,22H2,1H3,(H,29,32)(H,31,33). The Morgan fingerprint density at radius 3 is 2.23 bits per heavy atom. The van der Waals surface area contributed by atoms with Crippen molar-refractivity contribution in [1.29, 1.82) is 0 Å². The first kappa shape index (κ1) is 27.5. The quantitative estimate of drug-likeness (QED) is 0.0941. The highest BCUT2D eigenvalue weighted by molar-refractivity contribution is 5.89. The van der Waals surface area contributed by atoms with E-state index in [9.17, 15) is 14.4 Å². The van der Waals surface area contributed by atoms with Gasteiger partial charge in [0.1, 0.15) is 5.75 Å². The Hall–Kier alpha value is -3.74. The van der Waals surface area contributed by atoms with Crippen molar-refractivity contribution in [2.24, 2.45) is 5.10 Å². The van der Waals surface area contributed by atoms with Crippen LogP contribution < -0.4 is 15.5 Å². The molecule has 2 N–H and O–H groups in total. The van der Waals surface area contributed by atoms with Crippen molar-refractivity contribution in [2.45, 2.75) is 58.3 Å². The molecule has 2 rings (SSSR count). The largest absolute Gasteiger partial charge is 0.423 e. The molecule has 0 atom stereocenters. The average molecular weight is 478 g/mol. The van der Waals surface area contributed by atoms with Crippen LogP contribution in [0.1, 0.15) is 69.4 Å². The average Bonchev–Trinajstić information content (AvgIpc) is 2.87. The molecule has 0 radical (unpaired) electrons. The van der Waals surface area contributed by atoms with Gasteiger partial charge in [0.15, 0.2) is 0 Å². The van der Waals surface area contributed by atoms with Gasteiger partial charge < -0.3 is 10.1 Å². The van der Waals surface area contributed by atoms with Gasteiger partial charge in [-0.15, -0.1) is 0 Å². The van der Waals surface area contributed by atoms with E-state index < -0.39 is 11.9 Å². The fourth-order valence-electron chi connectivity index (χ4n) is 3.23. The van der Waals surface area contributed by atoms with E-state index in [1.54, 1.807) is 30.3 Å². The van der Waals surface area contributed by atoms with Crippen molar-refractivity contribution in [3.8, 4) is 5.75 Å². The lowest BCUT2D eigenvalue weighted by Crippen LogP contribution is -2.34. The Kier molecular flexibility index (Phi) is 13.2. The molecule has 0 aromatic heterocycles. The SMILES string of the molecule is CCCCCCCCCC(=O)NCC(=O)NN=Cc1ccc(OC(=O)C=Cc2ccccc2)cc1. The predicted molar refractivity (Wildman–Crippen MR) is 139 cm³/mol. The summed E-state index contributed by atoms with van der Waals surface area (Å²) >= 11 is 0. The number of carbonyl (C=O) groups is 3. The maximum absolute atomic E-state index is 11.9. The van der Waals surface area contributed by atoms with Crippen LogP contribution in [-0.4, -0.2) is 30.5 Å². The summed E-state index contributed by atoms with van der Waals surface area (Å²) in [6, 6.07) is 16.2. The van der Waals surface area contributed by atoms with Crippen LogP contribution in [0.3, 0.4) is 0 Å². The zero-order chi connectivity index (χ0) is 25.1. The summed E-state index contributed by atoms with van der Waals surface area (Å²) in [5.74, 6) is -0.597. The minimum absolute atomic E-state index is 0.113. The Balaban J connectivity index is 1.61. The number of amides is 2. The van der Waals surface area contributed by atoms with Crippen molar-refractivity contribution >= 4 is 30.1 Å². The van der Waals surface area contributed by atoms with Crippen LogP contribution in [0.5, 0.6) is 5.75 Å². The molecular weight excluding hydrogens is 442 g/mol. The van der Waals surface area contributed by atoms with Crippen LogP contribution in [0.2, 0.25) is 0 Å². The normalized spacial score (nSPS) is 11.0. The van der Waals surface area contributed by atoms with Gasteiger partial charge in [-0.2, -0.15) is 5.10 Å². The molecule has 0 fully saturated rings. The minimum Gasteiger partial charge on any atom is -0.423 e. The first-order valence-corrected chi connectivity index (χ1v) is 12.2. The van der Waals surface area contributed by atoms with Gasteiger partial charge in [-0.1, -0.05) is 75.8 Å². The predicted octanol–water partition coefficient (Wildman–Crippen LogP) is 5.01. The third-order valence-electron chi connectivity index (χ3n) is 5.17. The third kappa shape index (κ3) is 12.9. The summed E-state index contributed by atoms with van der Waals surface area (Å²) in [7, 11) is 0. The van der Waals surface area contributed by atoms with Gasteiger partial charge in [-0.05, 0) is 47.9 Å². The van der Waals surface area contributed by atoms with E-state index in [1.807, 2.05) is 30.3 Å². The summed E-state index contributed by atoms with van der Waals surface area (Å²) in [6.45, 7) is 2.08. The molecule has 186 valence electrons. The summed E-state index contributed by atoms with van der Waals surface area (Å²) < 4.78 is 5.26. The molecule has 0 aliphatic carbocycles. The highest BCUT2D eigenvalue weighted by Gasteiger charge is 2.05. The van der Waals surface area contributed by atoms with E-state index in [1.165, 1.54) is 38.0 Å². The lowest BCUT2D eigenvalue weighted by molar-refractivity contribution is -0.129. The number of carbonyl (C=O) groups excluding carboxylic acids is 3. The first-order chi connectivity index (χ1) is 17.1. The van der Waals surface area contributed by atoms with Gasteiger partial charge in [0, 0.05) is 12.5 Å². The molecule has 0 spiro atoms. The van der Waals surface area contributed by atoms with Crippen molar-refractivity contribution in [3.05, 3.63) is 71.8 Å². The van der Waals surface area contributed by atoms with Crippen molar-refractivity contribution < 1.29 is 19.1 Å². The van der Waals surface area contributed by atoms with E-state index in [0.717, 1.165) is 24.8 Å². The van der Waals surface area contributed by atoms with Gasteiger partial charge in [0.2, 0.25) is 5.91 Å². The van der Waals surface area contributed by atoms with Crippen molar-refractivity contribution in [3.63, 3.8) is 0 Å². The van der Waals surface area contributed by atoms with Gasteiger partial charge in [-0.3, -0.25) is 9.59 Å². The molecule has 0 aliphatic heterocycles.